The minimum atomic E-state index is -4.34. The molecule has 0 bridgehead atoms. The lowest BCUT2D eigenvalue weighted by Gasteiger charge is -2.12. The van der Waals surface area contributed by atoms with Gasteiger partial charge in [-0.25, -0.2) is 0 Å². The number of hydrogen-bond acceptors (Lipinski definition) is 1. The van der Waals surface area contributed by atoms with E-state index in [4.69, 9.17) is 0 Å². The van der Waals surface area contributed by atoms with Crippen molar-refractivity contribution in [2.45, 2.75) is 38.3 Å². The molecule has 0 radical (unpaired) electrons. The number of rotatable bonds is 3. The molecule has 0 spiro atoms. The van der Waals surface area contributed by atoms with Gasteiger partial charge in [0.15, 0.2) is 0 Å². The molecule has 0 saturated heterocycles. The molecule has 16 heavy (non-hydrogen) atoms. The van der Waals surface area contributed by atoms with Crippen LogP contribution in [0.25, 0.3) is 0 Å². The highest BCUT2D eigenvalue weighted by Gasteiger charge is 2.32. The van der Waals surface area contributed by atoms with Gasteiger partial charge in [0.2, 0.25) is 0 Å². The van der Waals surface area contributed by atoms with E-state index in [1.165, 1.54) is 19.0 Å². The van der Waals surface area contributed by atoms with Crippen LogP contribution in [0, 0.1) is 5.92 Å². The zero-order chi connectivity index (χ0) is 11.8. The van der Waals surface area contributed by atoms with Crippen LogP contribution in [0.3, 0.4) is 0 Å². The van der Waals surface area contributed by atoms with Crippen LogP contribution < -0.4 is 0 Å². The number of pyridine rings is 1. The molecule has 1 fully saturated rings. The summed E-state index contributed by atoms with van der Waals surface area (Å²) in [5.41, 5.74) is 0.0924. The zero-order valence-electron chi connectivity index (χ0n) is 9.09. The molecule has 0 aromatic carbocycles. The van der Waals surface area contributed by atoms with Crippen LogP contribution in [-0.2, 0) is 6.18 Å². The van der Waals surface area contributed by atoms with Crippen LogP contribution in [0.4, 0.5) is 13.2 Å². The van der Waals surface area contributed by atoms with E-state index >= 15 is 0 Å². The molecule has 0 amide bonds. The van der Waals surface area contributed by atoms with Crippen molar-refractivity contribution in [1.29, 1.82) is 0 Å². The van der Waals surface area contributed by atoms with Crippen molar-refractivity contribution < 1.29 is 13.2 Å². The molecule has 4 heteroatoms. The topological polar surface area (TPSA) is 12.9 Å². The fraction of sp³-hybridized carbons (Fsp3) is 0.583. The number of nitrogens with zero attached hydrogens (tertiary/aromatic N) is 1. The van der Waals surface area contributed by atoms with E-state index in [-0.39, 0.29) is 0 Å². The van der Waals surface area contributed by atoms with E-state index in [9.17, 15) is 13.2 Å². The molecule has 1 aromatic heterocycles. The summed E-state index contributed by atoms with van der Waals surface area (Å²) in [7, 11) is 0. The van der Waals surface area contributed by atoms with E-state index in [1.807, 2.05) is 6.92 Å². The Hall–Kier alpha value is -1.06. The first-order valence-corrected chi connectivity index (χ1v) is 5.50. The lowest BCUT2D eigenvalue weighted by molar-refractivity contribution is -0.141. The summed E-state index contributed by atoms with van der Waals surface area (Å²) in [5, 5.41) is 0. The van der Waals surface area contributed by atoms with Crippen LogP contribution in [0.15, 0.2) is 18.3 Å². The van der Waals surface area contributed by atoms with Crippen molar-refractivity contribution in [2.75, 3.05) is 0 Å². The number of alkyl halides is 3. The van der Waals surface area contributed by atoms with Gasteiger partial charge in [0.05, 0.1) is 0 Å². The van der Waals surface area contributed by atoms with Crippen molar-refractivity contribution in [1.82, 2.24) is 4.98 Å². The standard InChI is InChI=1S/C12H14F3N/c1-8(6-9-2-3-9)10-4-5-11(16-7-10)12(13,14)15/h4-5,7-9H,2-3,6H2,1H3. The van der Waals surface area contributed by atoms with Crippen molar-refractivity contribution in [3.05, 3.63) is 29.6 Å². The van der Waals surface area contributed by atoms with E-state index in [1.54, 1.807) is 6.07 Å². The molecule has 2 rings (SSSR count). The van der Waals surface area contributed by atoms with Crippen molar-refractivity contribution >= 4 is 0 Å². The maximum absolute atomic E-state index is 12.3. The third-order valence-corrected chi connectivity index (χ3v) is 3.03. The quantitative estimate of drug-likeness (QED) is 0.763. The van der Waals surface area contributed by atoms with Crippen molar-refractivity contribution in [3.63, 3.8) is 0 Å². The van der Waals surface area contributed by atoms with Gasteiger partial charge >= 0.3 is 6.18 Å². The van der Waals surface area contributed by atoms with Gasteiger partial charge in [0.1, 0.15) is 5.69 Å². The lowest BCUT2D eigenvalue weighted by atomic mass is 9.97. The fourth-order valence-electron chi connectivity index (χ4n) is 1.85. The van der Waals surface area contributed by atoms with Gasteiger partial charge < -0.3 is 0 Å². The van der Waals surface area contributed by atoms with Crippen LogP contribution in [0.5, 0.6) is 0 Å². The molecule has 1 aliphatic carbocycles. The molecule has 1 aliphatic rings. The predicted octanol–water partition coefficient (Wildman–Crippen LogP) is 4.00. The van der Waals surface area contributed by atoms with E-state index in [0.29, 0.717) is 5.92 Å². The van der Waals surface area contributed by atoms with Crippen molar-refractivity contribution in [2.24, 2.45) is 5.92 Å². The minimum Gasteiger partial charge on any atom is -0.251 e. The first kappa shape index (κ1) is 11.4. The maximum atomic E-state index is 12.3. The summed E-state index contributed by atoms with van der Waals surface area (Å²) in [5.74, 6) is 1.08. The SMILES string of the molecule is CC(CC1CC1)c1ccc(C(F)(F)F)nc1. The molecule has 1 nitrogen and oxygen atoms in total. The largest absolute Gasteiger partial charge is 0.433 e. The Morgan fingerprint density at radius 3 is 2.50 bits per heavy atom. The van der Waals surface area contributed by atoms with Gasteiger partial charge in [0, 0.05) is 6.20 Å². The van der Waals surface area contributed by atoms with Gasteiger partial charge in [0.25, 0.3) is 0 Å². The Labute approximate surface area is 92.7 Å². The summed E-state index contributed by atoms with van der Waals surface area (Å²) < 4.78 is 36.8. The minimum absolute atomic E-state index is 0.308. The highest BCUT2D eigenvalue weighted by Crippen LogP contribution is 2.38. The first-order valence-electron chi connectivity index (χ1n) is 5.50. The third kappa shape index (κ3) is 2.74. The number of aromatic nitrogens is 1. The number of hydrogen-bond donors (Lipinski definition) is 0. The zero-order valence-corrected chi connectivity index (χ0v) is 9.09. The third-order valence-electron chi connectivity index (χ3n) is 3.03. The summed E-state index contributed by atoms with van der Waals surface area (Å²) >= 11 is 0. The monoisotopic (exact) mass is 229 g/mol. The van der Waals surface area contributed by atoms with Gasteiger partial charge in [-0.05, 0) is 29.9 Å². The van der Waals surface area contributed by atoms with E-state index in [0.717, 1.165) is 24.0 Å². The van der Waals surface area contributed by atoms with Gasteiger partial charge in [-0.15, -0.1) is 0 Å². The Bertz CT molecular complexity index is 352. The Kier molecular flexibility index (Phi) is 2.91. The van der Waals surface area contributed by atoms with Gasteiger partial charge in [-0.2, -0.15) is 13.2 Å². The Morgan fingerprint density at radius 2 is 2.06 bits per heavy atom. The lowest BCUT2D eigenvalue weighted by Crippen LogP contribution is -2.08. The van der Waals surface area contributed by atoms with Crippen LogP contribution in [-0.4, -0.2) is 4.98 Å². The van der Waals surface area contributed by atoms with E-state index < -0.39 is 11.9 Å². The normalized spacial score (nSPS) is 18.5. The van der Waals surface area contributed by atoms with E-state index in [2.05, 4.69) is 4.98 Å². The molecular formula is C12H14F3N. The van der Waals surface area contributed by atoms with Crippen LogP contribution in [0.1, 0.15) is 43.4 Å². The Morgan fingerprint density at radius 1 is 1.38 bits per heavy atom. The summed E-state index contributed by atoms with van der Waals surface area (Å²) in [4.78, 5) is 3.47. The smallest absolute Gasteiger partial charge is 0.251 e. The predicted molar refractivity (Wildman–Crippen MR) is 55.0 cm³/mol. The highest BCUT2D eigenvalue weighted by molar-refractivity contribution is 5.19. The molecule has 1 aromatic rings. The molecule has 0 aliphatic heterocycles. The van der Waals surface area contributed by atoms with Crippen LogP contribution >= 0.6 is 0 Å². The molecular weight excluding hydrogens is 215 g/mol. The molecule has 1 saturated carbocycles. The summed E-state index contributed by atoms with van der Waals surface area (Å²) in [6.45, 7) is 2.04. The van der Waals surface area contributed by atoms with Crippen molar-refractivity contribution in [3.8, 4) is 0 Å². The molecule has 88 valence electrons. The second-order valence-corrected chi connectivity index (χ2v) is 4.55. The highest BCUT2D eigenvalue weighted by atomic mass is 19.4. The summed E-state index contributed by atoms with van der Waals surface area (Å²) in [6, 6.07) is 2.61. The molecule has 0 N–H and O–H groups in total. The Balaban J connectivity index is 2.05. The first-order chi connectivity index (χ1) is 7.47. The summed E-state index contributed by atoms with van der Waals surface area (Å²) in [6.07, 6.45) is 0.609. The fourth-order valence-corrected chi connectivity index (χ4v) is 1.85. The molecule has 1 atom stereocenters. The average Bonchev–Trinajstić information content (AvgIpc) is 3.00. The second kappa shape index (κ2) is 4.07. The molecule has 1 unspecified atom stereocenters. The second-order valence-electron chi connectivity index (χ2n) is 4.55. The maximum Gasteiger partial charge on any atom is 0.433 e. The van der Waals surface area contributed by atoms with Crippen LogP contribution in [0.2, 0.25) is 0 Å². The van der Waals surface area contributed by atoms with Gasteiger partial charge in [-0.1, -0.05) is 25.8 Å². The van der Waals surface area contributed by atoms with Gasteiger partial charge in [-0.3, -0.25) is 4.98 Å². The number of halogens is 3. The average molecular weight is 229 g/mol. The molecule has 1 heterocycles.